The maximum atomic E-state index is 13.3. The van der Waals surface area contributed by atoms with E-state index in [0.717, 1.165) is 21.3 Å². The first kappa shape index (κ1) is 15.3. The molecule has 110 valence electrons. The third-order valence-electron chi connectivity index (χ3n) is 3.05. The van der Waals surface area contributed by atoms with Crippen molar-refractivity contribution in [1.29, 1.82) is 0 Å². The van der Waals surface area contributed by atoms with Gasteiger partial charge in [-0.1, -0.05) is 17.3 Å². The topological polar surface area (TPSA) is 70.6 Å². The van der Waals surface area contributed by atoms with Gasteiger partial charge in [0.1, 0.15) is 5.82 Å². The number of hydrogen-bond donors (Lipinski definition) is 3. The Labute approximate surface area is 130 Å². The number of rotatable bonds is 4. The van der Waals surface area contributed by atoms with Crippen molar-refractivity contribution < 1.29 is 9.60 Å². The van der Waals surface area contributed by atoms with Crippen LogP contribution in [0.15, 0.2) is 46.0 Å². The van der Waals surface area contributed by atoms with E-state index in [4.69, 9.17) is 10.9 Å². The molecule has 6 heteroatoms. The van der Waals surface area contributed by atoms with Crippen LogP contribution in [-0.2, 0) is 6.54 Å². The molecule has 0 saturated carbocycles. The number of amidine groups is 1. The molecular formula is C15H15BrFN3O. The maximum absolute atomic E-state index is 13.3. The normalized spacial score (nSPS) is 11.5. The highest BCUT2D eigenvalue weighted by atomic mass is 79.9. The van der Waals surface area contributed by atoms with Crippen LogP contribution in [0, 0.1) is 12.7 Å². The summed E-state index contributed by atoms with van der Waals surface area (Å²) in [6.07, 6.45) is 0. The number of nitrogens with zero attached hydrogens (tertiary/aromatic N) is 1. The summed E-state index contributed by atoms with van der Waals surface area (Å²) in [6.45, 7) is 2.42. The molecule has 0 aliphatic rings. The van der Waals surface area contributed by atoms with E-state index >= 15 is 0 Å². The minimum atomic E-state index is -0.433. The van der Waals surface area contributed by atoms with Crippen molar-refractivity contribution >= 4 is 27.5 Å². The van der Waals surface area contributed by atoms with E-state index in [2.05, 4.69) is 26.4 Å². The van der Waals surface area contributed by atoms with Gasteiger partial charge in [0.15, 0.2) is 5.84 Å². The van der Waals surface area contributed by atoms with Gasteiger partial charge in [0.05, 0.1) is 0 Å². The number of nitrogens with one attached hydrogen (secondary N) is 1. The zero-order valence-electron chi connectivity index (χ0n) is 11.4. The SMILES string of the molecule is Cc1ccc(Br)c(NCc2ccc(F)cc2/C(N)=N/O)c1. The third-order valence-corrected chi connectivity index (χ3v) is 3.74. The molecule has 2 aromatic rings. The monoisotopic (exact) mass is 351 g/mol. The Morgan fingerprint density at radius 2 is 2.10 bits per heavy atom. The minimum Gasteiger partial charge on any atom is -0.409 e. The van der Waals surface area contributed by atoms with Gasteiger partial charge in [0.2, 0.25) is 0 Å². The number of nitrogens with two attached hydrogens (primary N) is 1. The molecule has 0 radical (unpaired) electrons. The zero-order valence-corrected chi connectivity index (χ0v) is 13.0. The first-order valence-corrected chi connectivity index (χ1v) is 7.07. The summed E-state index contributed by atoms with van der Waals surface area (Å²) in [5.41, 5.74) is 8.73. The van der Waals surface area contributed by atoms with Crippen molar-refractivity contribution in [2.75, 3.05) is 5.32 Å². The van der Waals surface area contributed by atoms with Crippen molar-refractivity contribution in [3.05, 3.63) is 63.4 Å². The quantitative estimate of drug-likeness (QED) is 0.341. The highest BCUT2D eigenvalue weighted by Crippen LogP contribution is 2.24. The second-order valence-electron chi connectivity index (χ2n) is 4.62. The molecule has 0 heterocycles. The van der Waals surface area contributed by atoms with Crippen LogP contribution in [-0.4, -0.2) is 11.0 Å². The standard InChI is InChI=1S/C15H15BrFN3O/c1-9-2-5-13(16)14(6-9)19-8-10-3-4-11(17)7-12(10)15(18)20-21/h2-7,19,21H,8H2,1H3,(H2,18,20). The number of benzene rings is 2. The first-order valence-electron chi connectivity index (χ1n) is 6.27. The number of oxime groups is 1. The van der Waals surface area contributed by atoms with Gasteiger partial charge in [-0.05, 0) is 58.2 Å². The fourth-order valence-corrected chi connectivity index (χ4v) is 2.35. The Morgan fingerprint density at radius 1 is 1.33 bits per heavy atom. The van der Waals surface area contributed by atoms with E-state index in [1.807, 2.05) is 25.1 Å². The Kier molecular flexibility index (Phi) is 4.80. The molecule has 0 aliphatic carbocycles. The number of halogens is 2. The number of hydrogen-bond acceptors (Lipinski definition) is 3. The summed E-state index contributed by atoms with van der Waals surface area (Å²) in [6, 6.07) is 10.1. The summed E-state index contributed by atoms with van der Waals surface area (Å²) in [4.78, 5) is 0. The minimum absolute atomic E-state index is 0.116. The fourth-order valence-electron chi connectivity index (χ4n) is 1.96. The van der Waals surface area contributed by atoms with Gasteiger partial charge in [-0.25, -0.2) is 4.39 Å². The molecule has 4 N–H and O–H groups in total. The van der Waals surface area contributed by atoms with Gasteiger partial charge < -0.3 is 16.3 Å². The average Bonchev–Trinajstić information content (AvgIpc) is 2.48. The van der Waals surface area contributed by atoms with Crippen LogP contribution < -0.4 is 11.1 Å². The predicted octanol–water partition coefficient (Wildman–Crippen LogP) is 3.60. The summed E-state index contributed by atoms with van der Waals surface area (Å²) in [5, 5.41) is 15.0. The summed E-state index contributed by atoms with van der Waals surface area (Å²) in [5.74, 6) is -0.549. The molecule has 0 unspecified atom stereocenters. The molecule has 4 nitrogen and oxygen atoms in total. The second-order valence-corrected chi connectivity index (χ2v) is 5.48. The molecule has 0 spiro atoms. The average molecular weight is 352 g/mol. The molecule has 0 fully saturated rings. The third kappa shape index (κ3) is 3.72. The van der Waals surface area contributed by atoms with E-state index in [9.17, 15) is 4.39 Å². The lowest BCUT2D eigenvalue weighted by Gasteiger charge is -2.12. The molecular weight excluding hydrogens is 337 g/mol. The molecule has 0 aromatic heterocycles. The second kappa shape index (κ2) is 6.58. The van der Waals surface area contributed by atoms with E-state index in [-0.39, 0.29) is 5.84 Å². The molecule has 0 aliphatic heterocycles. The van der Waals surface area contributed by atoms with Gasteiger partial charge in [0, 0.05) is 22.3 Å². The van der Waals surface area contributed by atoms with E-state index in [1.165, 1.54) is 12.1 Å². The largest absolute Gasteiger partial charge is 0.409 e. The molecule has 0 bridgehead atoms. The van der Waals surface area contributed by atoms with E-state index in [0.29, 0.717) is 12.1 Å². The van der Waals surface area contributed by atoms with Gasteiger partial charge in [-0.15, -0.1) is 0 Å². The first-order chi connectivity index (χ1) is 10.0. The van der Waals surface area contributed by atoms with Crippen molar-refractivity contribution in [3.63, 3.8) is 0 Å². The van der Waals surface area contributed by atoms with Crippen LogP contribution in [0.25, 0.3) is 0 Å². The lowest BCUT2D eigenvalue weighted by molar-refractivity contribution is 0.318. The molecule has 0 atom stereocenters. The van der Waals surface area contributed by atoms with Crippen molar-refractivity contribution in [1.82, 2.24) is 0 Å². The van der Waals surface area contributed by atoms with Crippen molar-refractivity contribution in [2.45, 2.75) is 13.5 Å². The van der Waals surface area contributed by atoms with Gasteiger partial charge in [-0.3, -0.25) is 0 Å². The zero-order chi connectivity index (χ0) is 15.4. The highest BCUT2D eigenvalue weighted by molar-refractivity contribution is 9.10. The molecule has 0 amide bonds. The van der Waals surface area contributed by atoms with Crippen LogP contribution >= 0.6 is 15.9 Å². The Hall–Kier alpha value is -2.08. The summed E-state index contributed by atoms with van der Waals surface area (Å²) >= 11 is 3.47. The Balaban J connectivity index is 2.26. The number of anilines is 1. The van der Waals surface area contributed by atoms with Crippen molar-refractivity contribution in [3.8, 4) is 0 Å². The van der Waals surface area contributed by atoms with Crippen LogP contribution in [0.1, 0.15) is 16.7 Å². The molecule has 21 heavy (non-hydrogen) atoms. The molecule has 0 saturated heterocycles. The van der Waals surface area contributed by atoms with Gasteiger partial charge in [-0.2, -0.15) is 0 Å². The van der Waals surface area contributed by atoms with Gasteiger partial charge in [0.25, 0.3) is 0 Å². The van der Waals surface area contributed by atoms with E-state index < -0.39 is 5.82 Å². The number of aryl methyl sites for hydroxylation is 1. The summed E-state index contributed by atoms with van der Waals surface area (Å²) in [7, 11) is 0. The smallest absolute Gasteiger partial charge is 0.170 e. The maximum Gasteiger partial charge on any atom is 0.170 e. The van der Waals surface area contributed by atoms with Crippen molar-refractivity contribution in [2.24, 2.45) is 10.9 Å². The van der Waals surface area contributed by atoms with Crippen LogP contribution in [0.3, 0.4) is 0 Å². The van der Waals surface area contributed by atoms with Crippen LogP contribution in [0.2, 0.25) is 0 Å². The fraction of sp³-hybridized carbons (Fsp3) is 0.133. The Bertz CT molecular complexity index is 689. The van der Waals surface area contributed by atoms with Gasteiger partial charge >= 0.3 is 0 Å². The highest BCUT2D eigenvalue weighted by Gasteiger charge is 2.09. The Morgan fingerprint density at radius 3 is 2.81 bits per heavy atom. The van der Waals surface area contributed by atoms with Crippen LogP contribution in [0.4, 0.5) is 10.1 Å². The summed E-state index contributed by atoms with van der Waals surface area (Å²) < 4.78 is 14.2. The van der Waals surface area contributed by atoms with E-state index in [1.54, 1.807) is 6.07 Å². The molecule has 2 aromatic carbocycles. The predicted molar refractivity (Wildman–Crippen MR) is 85.1 cm³/mol. The van der Waals surface area contributed by atoms with Crippen LogP contribution in [0.5, 0.6) is 0 Å². The lowest BCUT2D eigenvalue weighted by atomic mass is 10.1. The molecule has 2 rings (SSSR count). The lowest BCUT2D eigenvalue weighted by Crippen LogP contribution is -2.17.